The van der Waals surface area contributed by atoms with Gasteiger partial charge in [-0.15, -0.1) is 23.1 Å². The molecule has 3 aliphatic heterocycles. The number of aliphatic hydroxyl groups excluding tert-OH is 2. The summed E-state index contributed by atoms with van der Waals surface area (Å²) in [4.78, 5) is 63.5. The number of aliphatic carboxylic acids is 1. The summed E-state index contributed by atoms with van der Waals surface area (Å²) in [5.41, 5.74) is 5.48. The Bertz CT molecular complexity index is 1880. The summed E-state index contributed by atoms with van der Waals surface area (Å²) in [6.07, 6.45) is -5.09. The Kier molecular flexibility index (Phi) is 8.90. The monoisotopic (exact) mass is 711 g/mol. The molecule has 2 saturated heterocycles. The predicted octanol–water partition coefficient (Wildman–Crippen LogP) is -0.894. The Morgan fingerprint density at radius 3 is 2.70 bits per heavy atom. The average molecular weight is 712 g/mol. The fourth-order valence-corrected chi connectivity index (χ4v) is 7.98. The number of hydrogen-bond donors (Lipinski definition) is 5. The maximum atomic E-state index is 12.9. The first-order valence-corrected chi connectivity index (χ1v) is 17.0. The van der Waals surface area contributed by atoms with Crippen LogP contribution in [0, 0.1) is 5.92 Å². The minimum Gasteiger partial charge on any atom is -0.476 e. The molecule has 3 aliphatic rings. The zero-order chi connectivity index (χ0) is 33.6. The first-order valence-electron chi connectivity index (χ1n) is 13.6. The van der Waals surface area contributed by atoms with Crippen LogP contribution in [0.1, 0.15) is 17.5 Å². The van der Waals surface area contributed by atoms with Crippen LogP contribution in [-0.4, -0.2) is 108 Å². The molecule has 0 unspecified atom stereocenters. The van der Waals surface area contributed by atoms with Gasteiger partial charge >= 0.3 is 22.4 Å². The van der Waals surface area contributed by atoms with Gasteiger partial charge in [-0.1, -0.05) is 6.07 Å². The molecule has 6 atom stereocenters. The highest BCUT2D eigenvalue weighted by Gasteiger charge is 2.54. The molecular weight excluding hydrogens is 687 g/mol. The molecule has 0 bridgehead atoms. The van der Waals surface area contributed by atoms with Crippen LogP contribution in [0.25, 0.3) is 11.2 Å². The number of carbonyl (C=O) groups excluding carboxylic acids is 3. The van der Waals surface area contributed by atoms with Crippen molar-refractivity contribution < 1.29 is 56.6 Å². The Morgan fingerprint density at radius 1 is 1.19 bits per heavy atom. The highest BCUT2D eigenvalue weighted by Crippen LogP contribution is 2.45. The molecule has 0 spiro atoms. The van der Waals surface area contributed by atoms with E-state index < -0.39 is 82.2 Å². The van der Waals surface area contributed by atoms with Crippen LogP contribution in [0.3, 0.4) is 0 Å². The Balaban J connectivity index is 1.05. The molecule has 6 rings (SSSR count). The van der Waals surface area contributed by atoms with Crippen LogP contribution >= 0.6 is 23.1 Å². The smallest absolute Gasteiger partial charge is 0.427 e. The van der Waals surface area contributed by atoms with E-state index in [4.69, 9.17) is 19.4 Å². The number of carboxylic acid groups (broad SMARTS) is 1. The summed E-state index contributed by atoms with van der Waals surface area (Å²) >= 11 is 2.45. The number of aliphatic hydroxyl groups is 2. The van der Waals surface area contributed by atoms with E-state index in [1.54, 1.807) is 12.1 Å². The fourth-order valence-electron chi connectivity index (χ4n) is 5.30. The first-order chi connectivity index (χ1) is 22.3. The zero-order valence-electron chi connectivity index (χ0n) is 23.7. The topological polar surface area (TPSA) is 276 Å². The Hall–Kier alpha value is -4.19. The molecule has 6 N–H and O–H groups in total. The van der Waals surface area contributed by atoms with E-state index in [0.717, 1.165) is 27.9 Å². The van der Waals surface area contributed by atoms with Crippen molar-refractivity contribution in [1.82, 2.24) is 29.1 Å². The Morgan fingerprint density at radius 2 is 1.98 bits per heavy atom. The van der Waals surface area contributed by atoms with Crippen LogP contribution < -0.4 is 10.5 Å². The van der Waals surface area contributed by atoms with Gasteiger partial charge in [0.05, 0.1) is 30.0 Å². The summed E-state index contributed by atoms with van der Waals surface area (Å²) in [5.74, 6) is -3.87. The van der Waals surface area contributed by atoms with Crippen LogP contribution in [0.5, 0.6) is 0 Å². The summed E-state index contributed by atoms with van der Waals surface area (Å²) in [5, 5.41) is 31.9. The van der Waals surface area contributed by atoms with Crippen LogP contribution in [-0.2, 0) is 44.8 Å². The molecule has 2 fully saturated rings. The Labute approximate surface area is 272 Å². The van der Waals surface area contributed by atoms with Crippen molar-refractivity contribution in [3.63, 3.8) is 0 Å². The van der Waals surface area contributed by atoms with Gasteiger partial charge in [0.2, 0.25) is 5.91 Å². The molecule has 250 valence electrons. The van der Waals surface area contributed by atoms with E-state index in [1.807, 2.05) is 5.38 Å². The molecule has 0 radical (unpaired) electrons. The number of thiophene rings is 1. The van der Waals surface area contributed by atoms with Crippen molar-refractivity contribution in [2.45, 2.75) is 42.8 Å². The number of nitrogens with zero attached hydrogens (tertiary/aromatic N) is 5. The van der Waals surface area contributed by atoms with Gasteiger partial charge in [0.25, 0.3) is 0 Å². The third kappa shape index (κ3) is 6.39. The van der Waals surface area contributed by atoms with Crippen LogP contribution in [0.4, 0.5) is 10.6 Å². The third-order valence-electron chi connectivity index (χ3n) is 7.46. The summed E-state index contributed by atoms with van der Waals surface area (Å²) in [6.45, 7) is -0.865. The maximum absolute atomic E-state index is 12.9. The number of aromatic nitrogens is 4. The number of hydrogen-bond acceptors (Lipinski definition) is 17. The highest BCUT2D eigenvalue weighted by atomic mass is 32.2. The van der Waals surface area contributed by atoms with E-state index >= 15 is 0 Å². The molecule has 0 saturated carbocycles. The zero-order valence-corrected chi connectivity index (χ0v) is 26.2. The number of imidazole rings is 1. The normalized spacial score (nSPS) is 25.8. The number of carbonyl (C=O) groups is 4. The fraction of sp³-hybridized carbons (Fsp3) is 0.400. The van der Waals surface area contributed by atoms with Gasteiger partial charge in [-0.2, -0.15) is 13.1 Å². The molecule has 3 aromatic rings. The second kappa shape index (κ2) is 12.8. The minimum atomic E-state index is -4.92. The lowest BCUT2D eigenvalue weighted by Crippen LogP contribution is -2.62. The second-order valence-corrected chi connectivity index (χ2v) is 13.9. The highest BCUT2D eigenvalue weighted by molar-refractivity contribution is 8.00. The molecule has 3 aromatic heterocycles. The molecular formula is C25H25N7O12S3. The molecule has 0 aliphatic carbocycles. The number of rotatable bonds is 11. The minimum absolute atomic E-state index is 0.0567. The quantitative estimate of drug-likeness (QED) is 0.151. The number of carboxylic acids is 1. The molecule has 19 nitrogen and oxygen atoms in total. The largest absolute Gasteiger partial charge is 0.476 e. The SMILES string of the molecule is Nc1ncnc2c1ncn2[C@@H]1O[C@H](COS(=O)(=O)NC(=O)OC2=C(C(=O)O)N3C(=O)[C@@H](CC(=O)Cc4cccs4)[C@H]3SC2)[C@@H](O)[C@H]1O. The summed E-state index contributed by atoms with van der Waals surface area (Å²) in [7, 11) is -4.92. The molecule has 6 heterocycles. The summed E-state index contributed by atoms with van der Waals surface area (Å²) in [6, 6.07) is 3.59. The van der Waals surface area contributed by atoms with Crippen molar-refractivity contribution in [2.24, 2.45) is 5.92 Å². The average Bonchev–Trinajstić information content (AvgIpc) is 3.75. The van der Waals surface area contributed by atoms with E-state index in [9.17, 15) is 42.9 Å². The molecule has 2 amide bonds. The molecule has 47 heavy (non-hydrogen) atoms. The number of fused-ring (bicyclic) bond motifs is 2. The van der Waals surface area contributed by atoms with Crippen molar-refractivity contribution in [3.8, 4) is 0 Å². The van der Waals surface area contributed by atoms with Gasteiger partial charge in [-0.25, -0.2) is 24.5 Å². The third-order valence-corrected chi connectivity index (χ3v) is 10.5. The van der Waals surface area contributed by atoms with Gasteiger partial charge in [-0.05, 0) is 11.4 Å². The van der Waals surface area contributed by atoms with E-state index in [0.29, 0.717) is 0 Å². The number of nitrogen functional groups attached to an aromatic ring is 1. The number of thioether (sulfide) groups is 1. The molecule has 0 aromatic carbocycles. The number of nitrogens with one attached hydrogen (secondary N) is 1. The van der Waals surface area contributed by atoms with Gasteiger partial charge in [-0.3, -0.25) is 23.2 Å². The lowest BCUT2D eigenvalue weighted by Gasteiger charge is -2.48. The van der Waals surface area contributed by atoms with Crippen LogP contribution in [0.2, 0.25) is 0 Å². The van der Waals surface area contributed by atoms with Gasteiger partial charge < -0.3 is 30.5 Å². The number of Topliss-reactive ketones (excluding diaryl/α,β-unsaturated/α-hetero) is 1. The van der Waals surface area contributed by atoms with Gasteiger partial charge in [0.1, 0.15) is 35.9 Å². The summed E-state index contributed by atoms with van der Waals surface area (Å²) < 4.78 is 43.0. The standard InChI is InChI=1S/C25H25N7O12S3/c26-19-15-20(28-8-27-19)31(9-29-15)22-18(35)17(34)13(43-22)6-42-47(40,41)30-25(39)44-14-7-46-23-12(21(36)32(23)16(14)24(37)38)5-10(33)4-11-2-1-3-45-11/h1-3,8-9,12-13,17-18,22-23,34-35H,4-7H2,(H,30,39)(H,37,38)(H2,26,27,28)/t12-,13-,17-,18-,22-,23-/m1/s1. The maximum Gasteiger partial charge on any atom is 0.427 e. The number of ether oxygens (including phenoxy) is 2. The van der Waals surface area contributed by atoms with Gasteiger partial charge in [0, 0.05) is 17.7 Å². The van der Waals surface area contributed by atoms with E-state index in [2.05, 4.69) is 15.0 Å². The lowest BCUT2D eigenvalue weighted by atomic mass is 9.90. The second-order valence-electron chi connectivity index (χ2n) is 10.5. The number of ketones is 1. The van der Waals surface area contributed by atoms with E-state index in [-0.39, 0.29) is 41.4 Å². The number of anilines is 1. The van der Waals surface area contributed by atoms with Crippen molar-refractivity contribution >= 4 is 74.1 Å². The predicted molar refractivity (Wildman–Crippen MR) is 159 cm³/mol. The first kappa shape index (κ1) is 32.7. The number of nitrogens with two attached hydrogens (primary N) is 1. The van der Waals surface area contributed by atoms with Crippen molar-refractivity contribution in [2.75, 3.05) is 18.1 Å². The number of amides is 2. The number of β-lactam (4-membered cyclic amide) rings is 1. The molecule has 22 heteroatoms. The van der Waals surface area contributed by atoms with Gasteiger partial charge in [0.15, 0.2) is 29.1 Å². The van der Waals surface area contributed by atoms with Crippen LogP contribution in [0.15, 0.2) is 41.6 Å². The van der Waals surface area contributed by atoms with Crippen molar-refractivity contribution in [3.05, 3.63) is 46.5 Å². The van der Waals surface area contributed by atoms with Crippen molar-refractivity contribution in [1.29, 1.82) is 0 Å². The van der Waals surface area contributed by atoms with E-state index in [1.165, 1.54) is 27.0 Å². The lowest BCUT2D eigenvalue weighted by molar-refractivity contribution is -0.154.